The number of anilines is 1. The third-order valence-electron chi connectivity index (χ3n) is 3.60. The zero-order valence-electron chi connectivity index (χ0n) is 12.4. The van der Waals surface area contributed by atoms with Gasteiger partial charge in [-0.15, -0.1) is 0 Å². The molecule has 2 N–H and O–H groups in total. The number of hydrogen-bond acceptors (Lipinski definition) is 2. The quantitative estimate of drug-likeness (QED) is 0.814. The first-order valence-electron chi connectivity index (χ1n) is 7.15. The average Bonchev–Trinajstić information content (AvgIpc) is 2.79. The monoisotopic (exact) mass is 291 g/mol. The number of aryl methyl sites for hydroxylation is 2. The van der Waals surface area contributed by atoms with Gasteiger partial charge in [0.15, 0.2) is 5.15 Å². The van der Waals surface area contributed by atoms with Crippen molar-refractivity contribution in [2.45, 2.75) is 46.6 Å². The Labute approximate surface area is 125 Å². The minimum absolute atomic E-state index is 0.578. The van der Waals surface area contributed by atoms with E-state index in [9.17, 15) is 0 Å². The molecule has 0 spiro atoms. The van der Waals surface area contributed by atoms with Crippen molar-refractivity contribution in [1.82, 2.24) is 9.97 Å². The van der Waals surface area contributed by atoms with Crippen molar-refractivity contribution in [3.63, 3.8) is 0 Å². The Morgan fingerprint density at radius 3 is 2.85 bits per heavy atom. The maximum Gasteiger partial charge on any atom is 0.152 e. The molecule has 0 bridgehead atoms. The molecule has 1 heterocycles. The molecule has 0 saturated carbocycles. The van der Waals surface area contributed by atoms with Crippen LogP contribution in [0, 0.1) is 13.8 Å². The molecule has 0 fully saturated rings. The highest BCUT2D eigenvalue weighted by molar-refractivity contribution is 6.30. The van der Waals surface area contributed by atoms with Gasteiger partial charge in [-0.2, -0.15) is 0 Å². The van der Waals surface area contributed by atoms with Gasteiger partial charge in [-0.3, -0.25) is 0 Å². The van der Waals surface area contributed by atoms with E-state index in [1.807, 2.05) is 0 Å². The van der Waals surface area contributed by atoms with E-state index >= 15 is 0 Å². The molecule has 0 atom stereocenters. The highest BCUT2D eigenvalue weighted by atomic mass is 35.5. The molecule has 0 amide bonds. The summed E-state index contributed by atoms with van der Waals surface area (Å²) < 4.78 is 0. The van der Waals surface area contributed by atoms with Crippen LogP contribution < -0.4 is 5.32 Å². The first kappa shape index (κ1) is 14.9. The predicted molar refractivity (Wildman–Crippen MR) is 85.5 cm³/mol. The number of rotatable bonds is 6. The van der Waals surface area contributed by atoms with Crippen molar-refractivity contribution in [2.24, 2.45) is 0 Å². The van der Waals surface area contributed by atoms with Gasteiger partial charge in [0.25, 0.3) is 0 Å². The topological polar surface area (TPSA) is 40.7 Å². The third-order valence-corrected chi connectivity index (χ3v) is 3.92. The summed E-state index contributed by atoms with van der Waals surface area (Å²) in [5.74, 6) is 0.981. The summed E-state index contributed by atoms with van der Waals surface area (Å²) in [6.45, 7) is 7.08. The Balaban J connectivity index is 2.03. The minimum Gasteiger partial charge on any atom is -0.379 e. The summed E-state index contributed by atoms with van der Waals surface area (Å²) in [5, 5.41) is 4.00. The first-order valence-corrected chi connectivity index (χ1v) is 7.53. The fourth-order valence-corrected chi connectivity index (χ4v) is 2.36. The maximum atomic E-state index is 6.18. The van der Waals surface area contributed by atoms with E-state index in [0.29, 0.717) is 11.7 Å². The molecule has 1 aromatic heterocycles. The van der Waals surface area contributed by atoms with Crippen molar-refractivity contribution in [3.05, 3.63) is 46.0 Å². The average molecular weight is 292 g/mol. The van der Waals surface area contributed by atoms with Crippen LogP contribution in [0.3, 0.4) is 0 Å². The zero-order chi connectivity index (χ0) is 14.5. The van der Waals surface area contributed by atoms with E-state index in [2.05, 4.69) is 54.3 Å². The number of nitrogens with zero attached hydrogens (tertiary/aromatic N) is 1. The van der Waals surface area contributed by atoms with Gasteiger partial charge < -0.3 is 10.3 Å². The van der Waals surface area contributed by atoms with Crippen LogP contribution in [-0.2, 0) is 13.0 Å². The number of aromatic amines is 1. The van der Waals surface area contributed by atoms with Gasteiger partial charge in [-0.25, -0.2) is 4.98 Å². The fourth-order valence-electron chi connectivity index (χ4n) is 2.15. The van der Waals surface area contributed by atoms with Gasteiger partial charge in [0, 0.05) is 12.1 Å². The standard InChI is InChI=1S/C16H22ClN3/c1-4-5-9-15-19-14(16(17)20-15)10-18-13-8-6-7-11(2)12(13)3/h6-8,18H,4-5,9-10H2,1-3H3,(H,19,20). The van der Waals surface area contributed by atoms with Crippen LogP contribution in [0.25, 0.3) is 0 Å². The Kier molecular flexibility index (Phi) is 5.07. The van der Waals surface area contributed by atoms with Gasteiger partial charge >= 0.3 is 0 Å². The molecule has 0 aliphatic rings. The normalized spacial score (nSPS) is 10.8. The molecular weight excluding hydrogens is 270 g/mol. The molecule has 0 saturated heterocycles. The van der Waals surface area contributed by atoms with Gasteiger partial charge in [0.2, 0.25) is 0 Å². The summed E-state index contributed by atoms with van der Waals surface area (Å²) in [5.41, 5.74) is 4.66. The number of halogens is 1. The zero-order valence-corrected chi connectivity index (χ0v) is 13.1. The van der Waals surface area contributed by atoms with Gasteiger partial charge in [-0.1, -0.05) is 37.1 Å². The third kappa shape index (κ3) is 3.54. The molecule has 2 aromatic rings. The first-order chi connectivity index (χ1) is 9.61. The Bertz CT molecular complexity index is 575. The molecule has 0 radical (unpaired) electrons. The smallest absolute Gasteiger partial charge is 0.152 e. The van der Waals surface area contributed by atoms with E-state index in [1.165, 1.54) is 11.1 Å². The lowest BCUT2D eigenvalue weighted by Gasteiger charge is -2.10. The summed E-state index contributed by atoms with van der Waals surface area (Å²) in [6.07, 6.45) is 3.25. The molecule has 108 valence electrons. The summed E-state index contributed by atoms with van der Waals surface area (Å²) in [7, 11) is 0. The number of H-pyrrole nitrogens is 1. The molecule has 2 rings (SSSR count). The van der Waals surface area contributed by atoms with Crippen LogP contribution in [0.2, 0.25) is 5.15 Å². The Hall–Kier alpha value is -1.48. The lowest BCUT2D eigenvalue weighted by atomic mass is 10.1. The number of aromatic nitrogens is 2. The fraction of sp³-hybridized carbons (Fsp3) is 0.438. The molecule has 0 aliphatic heterocycles. The minimum atomic E-state index is 0.578. The molecule has 0 unspecified atom stereocenters. The SMILES string of the molecule is CCCCc1nc(Cl)c(CNc2cccc(C)c2C)[nH]1. The number of hydrogen-bond donors (Lipinski definition) is 2. The number of benzene rings is 1. The summed E-state index contributed by atoms with van der Waals surface area (Å²) >= 11 is 6.18. The van der Waals surface area contributed by atoms with E-state index in [1.54, 1.807) is 0 Å². The van der Waals surface area contributed by atoms with Crippen LogP contribution >= 0.6 is 11.6 Å². The highest BCUT2D eigenvalue weighted by Crippen LogP contribution is 2.20. The van der Waals surface area contributed by atoms with Crippen LogP contribution in [0.5, 0.6) is 0 Å². The Morgan fingerprint density at radius 1 is 1.30 bits per heavy atom. The molecule has 1 aromatic carbocycles. The van der Waals surface area contributed by atoms with Crippen LogP contribution in [-0.4, -0.2) is 9.97 Å². The maximum absolute atomic E-state index is 6.18. The number of unbranched alkanes of at least 4 members (excludes halogenated alkanes) is 1. The highest BCUT2D eigenvalue weighted by Gasteiger charge is 2.08. The van der Waals surface area contributed by atoms with Crippen molar-refractivity contribution in [3.8, 4) is 0 Å². The van der Waals surface area contributed by atoms with E-state index in [4.69, 9.17) is 11.6 Å². The van der Waals surface area contributed by atoms with Gasteiger partial charge in [0.1, 0.15) is 5.82 Å². The second-order valence-electron chi connectivity index (χ2n) is 5.16. The lowest BCUT2D eigenvalue weighted by molar-refractivity contribution is 0.760. The van der Waals surface area contributed by atoms with Crippen LogP contribution in [0.15, 0.2) is 18.2 Å². The molecule has 3 nitrogen and oxygen atoms in total. The van der Waals surface area contributed by atoms with E-state index < -0.39 is 0 Å². The largest absolute Gasteiger partial charge is 0.379 e. The molecule has 4 heteroatoms. The van der Waals surface area contributed by atoms with Crippen molar-refractivity contribution < 1.29 is 0 Å². The van der Waals surface area contributed by atoms with Crippen molar-refractivity contribution >= 4 is 17.3 Å². The number of imidazole rings is 1. The van der Waals surface area contributed by atoms with Crippen LogP contribution in [0.4, 0.5) is 5.69 Å². The predicted octanol–water partition coefficient (Wildman–Crippen LogP) is 4.63. The molecular formula is C16H22ClN3. The molecule has 0 aliphatic carbocycles. The molecule has 20 heavy (non-hydrogen) atoms. The van der Waals surface area contributed by atoms with Crippen LogP contribution in [0.1, 0.15) is 42.4 Å². The second kappa shape index (κ2) is 6.80. The van der Waals surface area contributed by atoms with Gasteiger partial charge in [0.05, 0.1) is 12.2 Å². The van der Waals surface area contributed by atoms with E-state index in [0.717, 1.165) is 36.5 Å². The Morgan fingerprint density at radius 2 is 2.10 bits per heavy atom. The summed E-state index contributed by atoms with van der Waals surface area (Å²) in [4.78, 5) is 7.69. The van der Waals surface area contributed by atoms with Crippen molar-refractivity contribution in [1.29, 1.82) is 0 Å². The van der Waals surface area contributed by atoms with Crippen molar-refractivity contribution in [2.75, 3.05) is 5.32 Å². The lowest BCUT2D eigenvalue weighted by Crippen LogP contribution is -2.02. The van der Waals surface area contributed by atoms with Gasteiger partial charge in [-0.05, 0) is 37.5 Å². The summed E-state index contributed by atoms with van der Waals surface area (Å²) in [6, 6.07) is 6.27. The van der Waals surface area contributed by atoms with E-state index in [-0.39, 0.29) is 0 Å². The number of nitrogens with one attached hydrogen (secondary N) is 2. The second-order valence-corrected chi connectivity index (χ2v) is 5.52.